The Balaban J connectivity index is 2.05. The Kier molecular flexibility index (Phi) is 5.23. The molecule has 0 aliphatic carbocycles. The number of carbonyl (C=O) groups is 1. The van der Waals surface area contributed by atoms with Crippen LogP contribution >= 0.6 is 0 Å². The molecule has 0 spiro atoms. The number of aliphatic hydroxyl groups excluding tert-OH is 1. The van der Waals surface area contributed by atoms with Crippen LogP contribution in [0.15, 0.2) is 36.4 Å². The number of halogens is 3. The summed E-state index contributed by atoms with van der Waals surface area (Å²) in [7, 11) is 1.29. The lowest BCUT2D eigenvalue weighted by Gasteiger charge is -2.14. The second-order valence-electron chi connectivity index (χ2n) is 4.71. The number of hydrogen-bond donors (Lipinski definition) is 2. The molecular weight excluding hydrogens is 311 g/mol. The number of carbonyl (C=O) groups excluding carboxylic acids is 1. The van der Waals surface area contributed by atoms with Crippen LogP contribution in [0.1, 0.15) is 22.0 Å². The molecule has 4 nitrogen and oxygen atoms in total. The summed E-state index contributed by atoms with van der Waals surface area (Å²) < 4.78 is 45.3. The zero-order valence-corrected chi connectivity index (χ0v) is 12.1. The summed E-state index contributed by atoms with van der Waals surface area (Å²) in [4.78, 5) is 11.9. The van der Waals surface area contributed by atoms with Crippen LogP contribution in [0.2, 0.25) is 0 Å². The summed E-state index contributed by atoms with van der Waals surface area (Å²) in [5, 5.41) is 12.1. The van der Waals surface area contributed by atoms with E-state index >= 15 is 0 Å². The fourth-order valence-electron chi connectivity index (χ4n) is 2.03. The van der Waals surface area contributed by atoms with Crippen LogP contribution in [0, 0.1) is 17.5 Å². The zero-order valence-electron chi connectivity index (χ0n) is 12.1. The zero-order chi connectivity index (χ0) is 17.0. The van der Waals surface area contributed by atoms with Crippen molar-refractivity contribution in [3.8, 4) is 5.75 Å². The van der Waals surface area contributed by atoms with Crippen LogP contribution in [-0.2, 0) is 0 Å². The third kappa shape index (κ3) is 3.81. The van der Waals surface area contributed by atoms with E-state index in [0.29, 0.717) is 0 Å². The molecule has 0 fully saturated rings. The minimum atomic E-state index is -1.57. The third-order valence-corrected chi connectivity index (χ3v) is 3.20. The molecule has 0 radical (unpaired) electrons. The summed E-state index contributed by atoms with van der Waals surface area (Å²) >= 11 is 0. The number of hydrogen-bond acceptors (Lipinski definition) is 3. The SMILES string of the molecule is COc1ccc(C(=O)NCC(O)c2c(F)cccc2F)cc1F. The highest BCUT2D eigenvalue weighted by molar-refractivity contribution is 5.94. The van der Waals surface area contributed by atoms with E-state index in [2.05, 4.69) is 5.32 Å². The van der Waals surface area contributed by atoms with Gasteiger partial charge in [-0.2, -0.15) is 0 Å². The molecule has 0 saturated heterocycles. The second kappa shape index (κ2) is 7.15. The lowest BCUT2D eigenvalue weighted by Crippen LogP contribution is -2.29. The first kappa shape index (κ1) is 16.8. The van der Waals surface area contributed by atoms with Crippen molar-refractivity contribution in [2.45, 2.75) is 6.10 Å². The van der Waals surface area contributed by atoms with Gasteiger partial charge in [-0.05, 0) is 30.3 Å². The smallest absolute Gasteiger partial charge is 0.251 e. The van der Waals surface area contributed by atoms with Gasteiger partial charge in [0.25, 0.3) is 5.91 Å². The van der Waals surface area contributed by atoms with Gasteiger partial charge in [0.1, 0.15) is 17.7 Å². The molecule has 0 bridgehead atoms. The van der Waals surface area contributed by atoms with E-state index in [9.17, 15) is 23.1 Å². The normalized spacial score (nSPS) is 11.9. The molecule has 0 aromatic heterocycles. The maximum atomic E-state index is 13.5. The Morgan fingerprint density at radius 1 is 1.17 bits per heavy atom. The minimum Gasteiger partial charge on any atom is -0.494 e. The summed E-state index contributed by atoms with van der Waals surface area (Å²) in [6.07, 6.45) is -1.57. The molecule has 0 aliphatic rings. The van der Waals surface area contributed by atoms with E-state index < -0.39 is 41.6 Å². The lowest BCUT2D eigenvalue weighted by atomic mass is 10.1. The highest BCUT2D eigenvalue weighted by atomic mass is 19.1. The first-order valence-electron chi connectivity index (χ1n) is 6.67. The number of nitrogens with one attached hydrogen (secondary N) is 1. The molecule has 122 valence electrons. The van der Waals surface area contributed by atoms with Gasteiger partial charge in [0.15, 0.2) is 11.6 Å². The lowest BCUT2D eigenvalue weighted by molar-refractivity contribution is 0.0911. The number of ether oxygens (including phenoxy) is 1. The van der Waals surface area contributed by atoms with Crippen LogP contribution in [0.25, 0.3) is 0 Å². The highest BCUT2D eigenvalue weighted by Gasteiger charge is 2.19. The van der Waals surface area contributed by atoms with Crippen molar-refractivity contribution in [1.82, 2.24) is 5.32 Å². The summed E-state index contributed by atoms with van der Waals surface area (Å²) in [5.74, 6) is -3.26. The second-order valence-corrected chi connectivity index (χ2v) is 4.71. The molecule has 23 heavy (non-hydrogen) atoms. The van der Waals surface area contributed by atoms with Crippen molar-refractivity contribution < 1.29 is 27.8 Å². The molecule has 2 N–H and O–H groups in total. The van der Waals surface area contributed by atoms with Crippen molar-refractivity contribution in [2.24, 2.45) is 0 Å². The van der Waals surface area contributed by atoms with Gasteiger partial charge < -0.3 is 15.2 Å². The van der Waals surface area contributed by atoms with E-state index in [4.69, 9.17) is 4.74 Å². The molecule has 0 heterocycles. The predicted molar refractivity (Wildman–Crippen MR) is 76.6 cm³/mol. The van der Waals surface area contributed by atoms with Crippen LogP contribution in [-0.4, -0.2) is 24.7 Å². The van der Waals surface area contributed by atoms with Crippen molar-refractivity contribution in [1.29, 1.82) is 0 Å². The van der Waals surface area contributed by atoms with Crippen LogP contribution in [0.5, 0.6) is 5.75 Å². The summed E-state index contributed by atoms with van der Waals surface area (Å²) in [6.45, 7) is -0.426. The number of methoxy groups -OCH3 is 1. The van der Waals surface area contributed by atoms with Crippen molar-refractivity contribution in [3.05, 3.63) is 65.0 Å². The molecule has 1 atom stereocenters. The van der Waals surface area contributed by atoms with Gasteiger partial charge in [-0.25, -0.2) is 13.2 Å². The first-order chi connectivity index (χ1) is 10.9. The monoisotopic (exact) mass is 325 g/mol. The van der Waals surface area contributed by atoms with Gasteiger partial charge in [-0.15, -0.1) is 0 Å². The van der Waals surface area contributed by atoms with Crippen LogP contribution in [0.4, 0.5) is 13.2 Å². The molecule has 0 saturated carbocycles. The standard InChI is InChI=1S/C16H14F3NO3/c1-23-14-6-5-9(7-12(14)19)16(22)20-8-13(21)15-10(17)3-2-4-11(15)18/h2-7,13,21H,8H2,1H3,(H,20,22). The maximum Gasteiger partial charge on any atom is 0.251 e. The molecular formula is C16H14F3NO3. The fraction of sp³-hybridized carbons (Fsp3) is 0.188. The molecule has 2 rings (SSSR count). The summed E-state index contributed by atoms with van der Waals surface area (Å²) in [6, 6.07) is 6.74. The average molecular weight is 325 g/mol. The molecule has 2 aromatic carbocycles. The molecule has 0 aliphatic heterocycles. The Morgan fingerprint density at radius 2 is 1.83 bits per heavy atom. The average Bonchev–Trinajstić information content (AvgIpc) is 2.52. The minimum absolute atomic E-state index is 0.00972. The Bertz CT molecular complexity index is 701. The van der Waals surface area contributed by atoms with Crippen LogP contribution < -0.4 is 10.1 Å². The third-order valence-electron chi connectivity index (χ3n) is 3.20. The van der Waals surface area contributed by atoms with Gasteiger partial charge >= 0.3 is 0 Å². The number of rotatable bonds is 5. The van der Waals surface area contributed by atoms with E-state index in [1.165, 1.54) is 25.3 Å². The van der Waals surface area contributed by atoms with Crippen molar-refractivity contribution in [3.63, 3.8) is 0 Å². The molecule has 1 amide bonds. The highest BCUT2D eigenvalue weighted by Crippen LogP contribution is 2.21. The first-order valence-corrected chi connectivity index (χ1v) is 6.67. The van der Waals surface area contributed by atoms with Crippen molar-refractivity contribution in [2.75, 3.05) is 13.7 Å². The van der Waals surface area contributed by atoms with Gasteiger partial charge in [0.2, 0.25) is 0 Å². The maximum absolute atomic E-state index is 13.5. The number of aliphatic hydroxyl groups is 1. The number of benzene rings is 2. The number of amides is 1. The van der Waals surface area contributed by atoms with Gasteiger partial charge in [-0.3, -0.25) is 4.79 Å². The largest absolute Gasteiger partial charge is 0.494 e. The van der Waals surface area contributed by atoms with Gasteiger partial charge in [0.05, 0.1) is 12.7 Å². The van der Waals surface area contributed by atoms with E-state index in [0.717, 1.165) is 18.2 Å². The van der Waals surface area contributed by atoms with Crippen molar-refractivity contribution >= 4 is 5.91 Å². The summed E-state index contributed by atoms with van der Waals surface area (Å²) in [5.41, 5.74) is -0.543. The van der Waals surface area contributed by atoms with Crippen LogP contribution in [0.3, 0.4) is 0 Å². The molecule has 7 heteroatoms. The Morgan fingerprint density at radius 3 is 2.39 bits per heavy atom. The van der Waals surface area contributed by atoms with E-state index in [1.54, 1.807) is 0 Å². The fourth-order valence-corrected chi connectivity index (χ4v) is 2.03. The topological polar surface area (TPSA) is 58.6 Å². The van der Waals surface area contributed by atoms with E-state index in [1.807, 2.05) is 0 Å². The Labute approximate surface area is 130 Å². The van der Waals surface area contributed by atoms with E-state index in [-0.39, 0.29) is 11.3 Å². The molecule has 2 aromatic rings. The van der Waals surface area contributed by atoms with Gasteiger partial charge in [0, 0.05) is 12.1 Å². The molecule has 1 unspecified atom stereocenters. The predicted octanol–water partition coefficient (Wildman–Crippen LogP) is 2.58. The Hall–Kier alpha value is -2.54. The van der Waals surface area contributed by atoms with Gasteiger partial charge in [-0.1, -0.05) is 6.07 Å². The quantitative estimate of drug-likeness (QED) is 0.888.